The topological polar surface area (TPSA) is 255 Å². The molecule has 1 aromatic carbocycles. The number of carboxylic acid groups (broad SMARTS) is 1. The number of oxazole rings is 3. The molecule has 0 bridgehead atoms. The van der Waals surface area contributed by atoms with E-state index in [4.69, 9.17) is 22.7 Å². The van der Waals surface area contributed by atoms with Gasteiger partial charge in [-0.1, -0.05) is 18.2 Å². The predicted molar refractivity (Wildman–Crippen MR) is 163 cm³/mol. The normalized spacial score (nSPS) is 12.7. The van der Waals surface area contributed by atoms with Crippen LogP contribution in [0, 0.1) is 27.7 Å². The molecule has 0 aliphatic carbocycles. The molecule has 3 aromatic heterocycles. The minimum atomic E-state index is -1.71. The summed E-state index contributed by atoms with van der Waals surface area (Å²) in [6, 6.07) is 4.00. The number of amides is 3. The Balaban J connectivity index is 1.42. The van der Waals surface area contributed by atoms with Crippen LogP contribution in [0.3, 0.4) is 0 Å². The lowest BCUT2D eigenvalue weighted by molar-refractivity contribution is -0.143. The molecule has 0 fully saturated rings. The Kier molecular flexibility index (Phi) is 11.2. The maximum absolute atomic E-state index is 13.3. The summed E-state index contributed by atoms with van der Waals surface area (Å²) < 4.78 is 26.0. The summed E-state index contributed by atoms with van der Waals surface area (Å²) in [5.74, 6) is -6.27. The third-order valence-electron chi connectivity index (χ3n) is 6.69. The first-order valence-electron chi connectivity index (χ1n) is 14.6. The van der Waals surface area contributed by atoms with E-state index in [9.17, 15) is 33.9 Å². The monoisotopic (exact) mass is 680 g/mol. The minimum absolute atomic E-state index is 0.129. The smallest absolute Gasteiger partial charge is 0.376 e. The molecule has 4 aromatic rings. The fraction of sp³-hybridized carbons (Fsp3) is 0.323. The van der Waals surface area contributed by atoms with E-state index in [1.807, 2.05) is 0 Å². The zero-order chi connectivity index (χ0) is 35.8. The molecule has 4 N–H and O–H groups in total. The number of rotatable bonds is 14. The van der Waals surface area contributed by atoms with Gasteiger partial charge in [0.2, 0.25) is 29.2 Å². The number of nitrogens with one attached hydrogen (secondary N) is 3. The van der Waals surface area contributed by atoms with E-state index in [-0.39, 0.29) is 46.3 Å². The molecule has 0 aliphatic heterocycles. The Hall–Kier alpha value is -6.33. The van der Waals surface area contributed by atoms with Gasteiger partial charge in [-0.2, -0.15) is 0 Å². The van der Waals surface area contributed by atoms with Crippen molar-refractivity contribution in [1.82, 2.24) is 30.9 Å². The zero-order valence-corrected chi connectivity index (χ0v) is 26.9. The molecule has 3 heterocycles. The number of carbonyl (C=O) groups is 6. The number of benzene rings is 1. The molecule has 258 valence electrons. The Morgan fingerprint density at radius 1 is 0.755 bits per heavy atom. The molecule has 0 unspecified atom stereocenters. The quantitative estimate of drug-likeness (QED) is 0.137. The van der Waals surface area contributed by atoms with Crippen molar-refractivity contribution < 1.29 is 56.6 Å². The van der Waals surface area contributed by atoms with Gasteiger partial charge in [0.15, 0.2) is 23.5 Å². The average Bonchev–Trinajstić information content (AvgIpc) is 3.78. The van der Waals surface area contributed by atoms with Gasteiger partial charge >= 0.3 is 17.9 Å². The van der Waals surface area contributed by atoms with Crippen molar-refractivity contribution in [3.63, 3.8) is 0 Å². The highest BCUT2D eigenvalue weighted by molar-refractivity contribution is 5.98. The van der Waals surface area contributed by atoms with Crippen molar-refractivity contribution in [2.45, 2.75) is 52.7 Å². The maximum atomic E-state index is 13.3. The standard InChI is InChI=1S/C31H32N6O12/c1-14-23(48-17(4)32-14)30(43)46-12-20(35-27(40)21-11-45-28(37-21)19-9-7-6-8-10-19)26(39)34-16(3)25(38)36-22(29(41)42)13-47-31(44)24-15(2)33-18(5)49-24/h6-11,16,20,22H,12-13H2,1-5H3,(H,34,39)(H,35,40)(H,36,38)(H,41,42)/t16-,20-,22-/m0/s1. The Morgan fingerprint density at radius 3 is 1.82 bits per heavy atom. The maximum Gasteiger partial charge on any atom is 0.376 e. The predicted octanol–water partition coefficient (Wildman–Crippen LogP) is 1.44. The van der Waals surface area contributed by atoms with Crippen molar-refractivity contribution >= 4 is 35.6 Å². The van der Waals surface area contributed by atoms with Crippen LogP contribution < -0.4 is 16.0 Å². The van der Waals surface area contributed by atoms with Crippen molar-refractivity contribution in [3.05, 3.63) is 77.0 Å². The summed E-state index contributed by atoms with van der Waals surface area (Å²) in [7, 11) is 0. The van der Waals surface area contributed by atoms with E-state index in [1.54, 1.807) is 30.3 Å². The second-order valence-corrected chi connectivity index (χ2v) is 10.6. The van der Waals surface area contributed by atoms with Gasteiger partial charge in [-0.05, 0) is 32.9 Å². The van der Waals surface area contributed by atoms with Crippen molar-refractivity contribution in [2.75, 3.05) is 13.2 Å². The van der Waals surface area contributed by atoms with Gasteiger partial charge in [-0.3, -0.25) is 14.4 Å². The number of carbonyl (C=O) groups excluding carboxylic acids is 5. The number of aromatic nitrogens is 3. The van der Waals surface area contributed by atoms with E-state index >= 15 is 0 Å². The summed E-state index contributed by atoms with van der Waals surface area (Å²) >= 11 is 0. The molecule has 0 saturated heterocycles. The van der Waals surface area contributed by atoms with Crippen LogP contribution in [-0.2, 0) is 23.9 Å². The molecule has 49 heavy (non-hydrogen) atoms. The number of ether oxygens (including phenoxy) is 2. The number of aryl methyl sites for hydroxylation is 4. The number of nitrogens with zero attached hydrogens (tertiary/aromatic N) is 3. The molecule has 18 heteroatoms. The average molecular weight is 681 g/mol. The molecular weight excluding hydrogens is 648 g/mol. The highest BCUT2D eigenvalue weighted by Gasteiger charge is 2.31. The van der Waals surface area contributed by atoms with Crippen LogP contribution in [0.15, 0.2) is 49.8 Å². The van der Waals surface area contributed by atoms with Gasteiger partial charge in [0, 0.05) is 19.4 Å². The van der Waals surface area contributed by atoms with Crippen LogP contribution in [0.1, 0.15) is 61.7 Å². The number of aliphatic carboxylic acids is 1. The Bertz CT molecular complexity index is 1860. The highest BCUT2D eigenvalue weighted by atomic mass is 16.6. The van der Waals surface area contributed by atoms with Crippen LogP contribution in [0.5, 0.6) is 0 Å². The minimum Gasteiger partial charge on any atom is -0.480 e. The van der Waals surface area contributed by atoms with Gasteiger partial charge in [0.25, 0.3) is 5.91 Å². The Labute approximate surface area is 277 Å². The van der Waals surface area contributed by atoms with Crippen molar-refractivity contribution in [1.29, 1.82) is 0 Å². The fourth-order valence-electron chi connectivity index (χ4n) is 4.25. The van der Waals surface area contributed by atoms with Crippen LogP contribution >= 0.6 is 0 Å². The first-order valence-corrected chi connectivity index (χ1v) is 14.6. The first kappa shape index (κ1) is 35.5. The molecule has 4 rings (SSSR count). The largest absolute Gasteiger partial charge is 0.480 e. The Morgan fingerprint density at radius 2 is 1.31 bits per heavy atom. The van der Waals surface area contributed by atoms with Crippen LogP contribution in [0.25, 0.3) is 11.5 Å². The van der Waals surface area contributed by atoms with Gasteiger partial charge < -0.3 is 43.8 Å². The zero-order valence-electron chi connectivity index (χ0n) is 26.9. The molecule has 0 spiro atoms. The molecular formula is C31H32N6O12. The van der Waals surface area contributed by atoms with E-state index in [2.05, 4.69) is 30.9 Å². The lowest BCUT2D eigenvalue weighted by atomic mass is 10.2. The first-order chi connectivity index (χ1) is 23.2. The number of carboxylic acids is 1. The SMILES string of the molecule is Cc1nc(C)c(C(=O)OC[C@H](NC(=O)[C@H](C)NC(=O)[C@H](COC(=O)c2oc(C)nc2C)NC(=O)c2coc(-c3ccccc3)n2)C(=O)O)o1. The third kappa shape index (κ3) is 9.15. The number of hydrogen-bond acceptors (Lipinski definition) is 14. The molecule has 3 amide bonds. The summed E-state index contributed by atoms with van der Waals surface area (Å²) in [6.07, 6.45) is 1.07. The summed E-state index contributed by atoms with van der Waals surface area (Å²) in [6.45, 7) is 5.76. The molecule has 0 radical (unpaired) electrons. The van der Waals surface area contributed by atoms with Crippen molar-refractivity contribution in [2.24, 2.45) is 0 Å². The third-order valence-corrected chi connectivity index (χ3v) is 6.69. The molecule has 0 saturated carbocycles. The highest BCUT2D eigenvalue weighted by Crippen LogP contribution is 2.18. The fourth-order valence-corrected chi connectivity index (χ4v) is 4.25. The summed E-state index contributed by atoms with van der Waals surface area (Å²) in [5, 5.41) is 16.5. The van der Waals surface area contributed by atoms with E-state index < -0.39 is 67.0 Å². The van der Waals surface area contributed by atoms with Crippen LogP contribution in [-0.4, -0.2) is 87.0 Å². The molecule has 18 nitrogen and oxygen atoms in total. The van der Waals surface area contributed by atoms with E-state index in [1.165, 1.54) is 34.6 Å². The number of esters is 2. The van der Waals surface area contributed by atoms with Gasteiger partial charge in [-0.15, -0.1) is 0 Å². The van der Waals surface area contributed by atoms with E-state index in [0.717, 1.165) is 6.26 Å². The van der Waals surface area contributed by atoms with Gasteiger partial charge in [-0.25, -0.2) is 29.3 Å². The van der Waals surface area contributed by atoms with E-state index in [0.29, 0.717) is 5.56 Å². The molecule has 3 atom stereocenters. The van der Waals surface area contributed by atoms with Crippen molar-refractivity contribution in [3.8, 4) is 11.5 Å². The van der Waals surface area contributed by atoms with Gasteiger partial charge in [0.1, 0.15) is 31.6 Å². The lowest BCUT2D eigenvalue weighted by Gasteiger charge is -2.22. The van der Waals surface area contributed by atoms with Crippen LogP contribution in [0.2, 0.25) is 0 Å². The summed E-state index contributed by atoms with van der Waals surface area (Å²) in [5.41, 5.74) is 0.844. The second-order valence-electron chi connectivity index (χ2n) is 10.6. The second kappa shape index (κ2) is 15.5. The lowest BCUT2D eigenvalue weighted by Crippen LogP contribution is -2.56. The number of hydrogen-bond donors (Lipinski definition) is 4. The van der Waals surface area contributed by atoms with Gasteiger partial charge in [0.05, 0.1) is 11.4 Å². The van der Waals surface area contributed by atoms with Crippen LogP contribution in [0.4, 0.5) is 0 Å². The summed E-state index contributed by atoms with van der Waals surface area (Å²) in [4.78, 5) is 88.1. The molecule has 0 aliphatic rings.